The van der Waals surface area contributed by atoms with Crippen LogP contribution in [0.2, 0.25) is 0 Å². The number of aromatic nitrogens is 1. The van der Waals surface area contributed by atoms with Crippen LogP contribution in [0.1, 0.15) is 13.3 Å². The molecule has 0 radical (unpaired) electrons. The minimum atomic E-state index is -1.54. The Morgan fingerprint density at radius 1 is 1.62 bits per heavy atom. The summed E-state index contributed by atoms with van der Waals surface area (Å²) in [4.78, 5) is 15.5. The smallest absolute Gasteiger partial charge is 0.423 e. The van der Waals surface area contributed by atoms with E-state index in [1.54, 1.807) is 0 Å². The van der Waals surface area contributed by atoms with Crippen molar-refractivity contribution in [2.24, 2.45) is 11.8 Å². The van der Waals surface area contributed by atoms with Crippen LogP contribution in [-0.4, -0.2) is 28.1 Å². The van der Waals surface area contributed by atoms with Crippen molar-refractivity contribution in [3.05, 3.63) is 18.3 Å². The van der Waals surface area contributed by atoms with Gasteiger partial charge in [0.2, 0.25) is 5.91 Å². The Labute approximate surface area is 93.7 Å². The summed E-state index contributed by atoms with van der Waals surface area (Å²) < 4.78 is 0. The van der Waals surface area contributed by atoms with E-state index in [1.807, 2.05) is 6.92 Å². The van der Waals surface area contributed by atoms with Crippen LogP contribution >= 0.6 is 0 Å². The first-order chi connectivity index (χ1) is 7.58. The SMILES string of the molecule is CC1CC1C(=O)Nc1cc(B(O)O)ccn1. The fourth-order valence-electron chi connectivity index (χ4n) is 1.58. The fraction of sp³-hybridized carbons (Fsp3) is 0.400. The highest BCUT2D eigenvalue weighted by atomic mass is 16.4. The van der Waals surface area contributed by atoms with Crippen molar-refractivity contribution in [1.29, 1.82) is 0 Å². The van der Waals surface area contributed by atoms with Gasteiger partial charge in [0.1, 0.15) is 5.82 Å². The van der Waals surface area contributed by atoms with E-state index in [2.05, 4.69) is 10.3 Å². The summed E-state index contributed by atoms with van der Waals surface area (Å²) in [6, 6.07) is 2.94. The molecule has 0 bridgehead atoms. The average Bonchev–Trinajstić information content (AvgIpc) is 2.96. The highest BCUT2D eigenvalue weighted by Crippen LogP contribution is 2.38. The van der Waals surface area contributed by atoms with Gasteiger partial charge in [0.05, 0.1) is 0 Å². The molecule has 1 amide bonds. The van der Waals surface area contributed by atoms with E-state index in [1.165, 1.54) is 18.3 Å². The van der Waals surface area contributed by atoms with Gasteiger partial charge in [-0.15, -0.1) is 0 Å². The first-order valence-electron chi connectivity index (χ1n) is 5.21. The topological polar surface area (TPSA) is 82.5 Å². The molecular formula is C10H13BN2O3. The summed E-state index contributed by atoms with van der Waals surface area (Å²) in [5.41, 5.74) is 0.314. The number of hydrogen-bond donors (Lipinski definition) is 3. The Morgan fingerprint density at radius 2 is 2.31 bits per heavy atom. The van der Waals surface area contributed by atoms with Crippen LogP contribution in [0.5, 0.6) is 0 Å². The van der Waals surface area contributed by atoms with Crippen molar-refractivity contribution < 1.29 is 14.8 Å². The molecule has 2 unspecified atom stereocenters. The number of carbonyl (C=O) groups is 1. The predicted molar refractivity (Wildman–Crippen MR) is 60.0 cm³/mol. The number of pyridine rings is 1. The van der Waals surface area contributed by atoms with Crippen molar-refractivity contribution in [3.8, 4) is 0 Å². The van der Waals surface area contributed by atoms with Crippen molar-refractivity contribution in [2.75, 3.05) is 5.32 Å². The van der Waals surface area contributed by atoms with Crippen LogP contribution in [0.4, 0.5) is 5.82 Å². The minimum Gasteiger partial charge on any atom is -0.423 e. The van der Waals surface area contributed by atoms with Crippen molar-refractivity contribution >= 4 is 24.3 Å². The molecule has 2 atom stereocenters. The maximum Gasteiger partial charge on any atom is 0.488 e. The maximum atomic E-state index is 11.6. The molecule has 1 aromatic rings. The lowest BCUT2D eigenvalue weighted by Gasteiger charge is -2.05. The maximum absolute atomic E-state index is 11.6. The Bertz CT molecular complexity index is 411. The molecule has 2 rings (SSSR count). The summed E-state index contributed by atoms with van der Waals surface area (Å²) in [6.45, 7) is 2.02. The first-order valence-corrected chi connectivity index (χ1v) is 5.21. The van der Waals surface area contributed by atoms with E-state index in [0.717, 1.165) is 6.42 Å². The van der Waals surface area contributed by atoms with Crippen LogP contribution in [0, 0.1) is 11.8 Å². The number of carbonyl (C=O) groups excluding carboxylic acids is 1. The zero-order valence-corrected chi connectivity index (χ0v) is 8.92. The van der Waals surface area contributed by atoms with Gasteiger partial charge in [0.15, 0.2) is 0 Å². The number of rotatable bonds is 3. The van der Waals surface area contributed by atoms with E-state index in [9.17, 15) is 4.79 Å². The van der Waals surface area contributed by atoms with Gasteiger partial charge >= 0.3 is 7.12 Å². The number of nitrogens with one attached hydrogen (secondary N) is 1. The monoisotopic (exact) mass is 220 g/mol. The largest absolute Gasteiger partial charge is 0.488 e. The van der Waals surface area contributed by atoms with Crippen molar-refractivity contribution in [1.82, 2.24) is 4.98 Å². The molecule has 16 heavy (non-hydrogen) atoms. The van der Waals surface area contributed by atoms with E-state index in [0.29, 0.717) is 17.2 Å². The molecule has 5 nitrogen and oxygen atoms in total. The lowest BCUT2D eigenvalue weighted by atomic mass is 9.81. The Balaban J connectivity index is 2.04. The summed E-state index contributed by atoms with van der Waals surface area (Å²) in [6.07, 6.45) is 2.34. The van der Waals surface area contributed by atoms with Gasteiger partial charge in [0.25, 0.3) is 0 Å². The highest BCUT2D eigenvalue weighted by Gasteiger charge is 2.39. The Hall–Kier alpha value is -1.40. The molecular weight excluding hydrogens is 207 g/mol. The Morgan fingerprint density at radius 3 is 2.88 bits per heavy atom. The normalized spacial score (nSPS) is 22.7. The summed E-state index contributed by atoms with van der Waals surface area (Å²) in [7, 11) is -1.54. The number of hydrogen-bond acceptors (Lipinski definition) is 4. The zero-order valence-electron chi connectivity index (χ0n) is 8.92. The predicted octanol–water partition coefficient (Wildman–Crippen LogP) is -0.644. The van der Waals surface area contributed by atoms with E-state index < -0.39 is 7.12 Å². The summed E-state index contributed by atoms with van der Waals surface area (Å²) >= 11 is 0. The van der Waals surface area contributed by atoms with Crippen molar-refractivity contribution in [2.45, 2.75) is 13.3 Å². The molecule has 0 aliphatic heterocycles. The van der Waals surface area contributed by atoms with Gasteiger partial charge in [0, 0.05) is 12.1 Å². The molecule has 1 fully saturated rings. The highest BCUT2D eigenvalue weighted by molar-refractivity contribution is 6.58. The third kappa shape index (κ3) is 2.40. The molecule has 0 spiro atoms. The molecule has 84 valence electrons. The van der Waals surface area contributed by atoms with E-state index in [4.69, 9.17) is 10.0 Å². The number of anilines is 1. The van der Waals surface area contributed by atoms with Gasteiger partial charge < -0.3 is 15.4 Å². The van der Waals surface area contributed by atoms with Crippen LogP contribution < -0.4 is 10.8 Å². The summed E-state index contributed by atoms with van der Waals surface area (Å²) in [5, 5.41) is 20.6. The summed E-state index contributed by atoms with van der Waals surface area (Å²) in [5.74, 6) is 0.815. The Kier molecular flexibility index (Phi) is 2.94. The molecule has 0 aromatic carbocycles. The quantitative estimate of drug-likeness (QED) is 0.591. The van der Waals surface area contributed by atoms with Gasteiger partial charge in [-0.2, -0.15) is 0 Å². The van der Waals surface area contributed by atoms with Crippen LogP contribution in [0.15, 0.2) is 18.3 Å². The molecule has 6 heteroatoms. The third-order valence-corrected chi connectivity index (χ3v) is 2.78. The van der Waals surface area contributed by atoms with E-state index >= 15 is 0 Å². The van der Waals surface area contributed by atoms with Gasteiger partial charge in [-0.25, -0.2) is 4.98 Å². The zero-order chi connectivity index (χ0) is 11.7. The third-order valence-electron chi connectivity index (χ3n) is 2.78. The number of nitrogens with zero attached hydrogens (tertiary/aromatic N) is 1. The molecule has 1 aliphatic rings. The van der Waals surface area contributed by atoms with Gasteiger partial charge in [-0.3, -0.25) is 4.79 Å². The second-order valence-electron chi connectivity index (χ2n) is 4.16. The van der Waals surface area contributed by atoms with Crippen LogP contribution in [-0.2, 0) is 4.79 Å². The van der Waals surface area contributed by atoms with Gasteiger partial charge in [-0.05, 0) is 29.9 Å². The van der Waals surface area contributed by atoms with Gasteiger partial charge in [-0.1, -0.05) is 6.92 Å². The van der Waals surface area contributed by atoms with E-state index in [-0.39, 0.29) is 11.8 Å². The van der Waals surface area contributed by atoms with Crippen LogP contribution in [0.25, 0.3) is 0 Å². The minimum absolute atomic E-state index is 0.0513. The van der Waals surface area contributed by atoms with Crippen molar-refractivity contribution in [3.63, 3.8) is 0 Å². The fourth-order valence-corrected chi connectivity index (χ4v) is 1.58. The lowest BCUT2D eigenvalue weighted by Crippen LogP contribution is -2.30. The molecule has 1 saturated carbocycles. The average molecular weight is 220 g/mol. The first kappa shape index (κ1) is 11.1. The number of amides is 1. The standard InChI is InChI=1S/C10H13BN2O3/c1-6-4-8(6)10(14)13-9-5-7(11(15)16)2-3-12-9/h2-3,5-6,8,15-16H,4H2,1H3,(H,12,13,14). The molecule has 3 N–H and O–H groups in total. The molecule has 1 aromatic heterocycles. The molecule has 0 saturated heterocycles. The lowest BCUT2D eigenvalue weighted by molar-refractivity contribution is -0.117. The van der Waals surface area contributed by atoms with Crippen LogP contribution in [0.3, 0.4) is 0 Å². The second-order valence-corrected chi connectivity index (χ2v) is 4.16. The second kappa shape index (κ2) is 4.23. The molecule has 1 aliphatic carbocycles. The molecule has 1 heterocycles.